The van der Waals surface area contributed by atoms with E-state index in [-0.39, 0.29) is 23.8 Å². The van der Waals surface area contributed by atoms with Crippen LogP contribution >= 0.6 is 0 Å². The molecule has 106 valence electrons. The average molecular weight is 285 g/mol. The van der Waals surface area contributed by atoms with E-state index in [0.29, 0.717) is 18.5 Å². The number of amides is 1. The minimum absolute atomic E-state index is 0.215. The lowest BCUT2D eigenvalue weighted by Gasteiger charge is -2.10. The fourth-order valence-electron chi connectivity index (χ4n) is 1.62. The van der Waals surface area contributed by atoms with Gasteiger partial charge in [0.2, 0.25) is 15.9 Å². The molecule has 0 aliphatic carbocycles. The number of benzene rings is 1. The summed E-state index contributed by atoms with van der Waals surface area (Å²) in [5, 5.41) is 2.84. The van der Waals surface area contributed by atoms with Gasteiger partial charge in [0.15, 0.2) is 0 Å². The van der Waals surface area contributed by atoms with Crippen LogP contribution in [0.1, 0.15) is 19.3 Å². The summed E-state index contributed by atoms with van der Waals surface area (Å²) in [4.78, 5) is 10.8. The van der Waals surface area contributed by atoms with Crippen LogP contribution in [-0.2, 0) is 14.8 Å². The highest BCUT2D eigenvalue weighted by atomic mass is 32.2. The van der Waals surface area contributed by atoms with Gasteiger partial charge in [-0.05, 0) is 25.0 Å². The lowest BCUT2D eigenvalue weighted by atomic mass is 10.2. The van der Waals surface area contributed by atoms with Gasteiger partial charge in [0.05, 0.1) is 5.69 Å². The second-order valence-corrected chi connectivity index (χ2v) is 5.80. The Bertz CT molecular complexity index is 529. The number of primary amides is 1. The molecule has 1 amide bonds. The van der Waals surface area contributed by atoms with Crippen molar-refractivity contribution >= 4 is 21.6 Å². The first kappa shape index (κ1) is 15.5. The molecule has 0 radical (unpaired) electrons. The van der Waals surface area contributed by atoms with Crippen LogP contribution in [0.5, 0.6) is 0 Å². The third-order valence-electron chi connectivity index (χ3n) is 2.59. The second-order valence-electron chi connectivity index (χ2n) is 4.07. The van der Waals surface area contributed by atoms with Crippen molar-refractivity contribution in [3.63, 3.8) is 0 Å². The van der Waals surface area contributed by atoms with Crippen LogP contribution in [0.3, 0.4) is 0 Å². The van der Waals surface area contributed by atoms with Crippen LogP contribution in [0.4, 0.5) is 5.69 Å². The first-order valence-corrected chi connectivity index (χ1v) is 7.50. The van der Waals surface area contributed by atoms with Gasteiger partial charge in [0.25, 0.3) is 0 Å². The Morgan fingerprint density at radius 3 is 2.58 bits per heavy atom. The number of nitrogens with two attached hydrogens (primary N) is 1. The van der Waals surface area contributed by atoms with Gasteiger partial charge in [-0.1, -0.05) is 12.1 Å². The van der Waals surface area contributed by atoms with Crippen molar-refractivity contribution < 1.29 is 13.2 Å². The van der Waals surface area contributed by atoms with E-state index in [2.05, 4.69) is 10.0 Å². The summed E-state index contributed by atoms with van der Waals surface area (Å²) in [7, 11) is -1.86. The van der Waals surface area contributed by atoms with Crippen molar-refractivity contribution in [2.45, 2.75) is 24.2 Å². The second kappa shape index (κ2) is 7.10. The molecule has 1 aromatic carbocycles. The Balaban J connectivity index is 2.59. The van der Waals surface area contributed by atoms with Gasteiger partial charge in [0, 0.05) is 20.0 Å². The minimum Gasteiger partial charge on any atom is -0.387 e. The van der Waals surface area contributed by atoms with E-state index in [0.717, 1.165) is 0 Å². The Labute approximate surface area is 113 Å². The smallest absolute Gasteiger partial charge is 0.242 e. The van der Waals surface area contributed by atoms with E-state index in [1.807, 2.05) is 0 Å². The Morgan fingerprint density at radius 1 is 1.26 bits per heavy atom. The molecule has 6 nitrogen and oxygen atoms in total. The van der Waals surface area contributed by atoms with E-state index < -0.39 is 10.0 Å². The molecule has 7 heteroatoms. The van der Waals surface area contributed by atoms with E-state index >= 15 is 0 Å². The van der Waals surface area contributed by atoms with Crippen LogP contribution in [0.15, 0.2) is 29.2 Å². The standard InChI is InChI=1S/C12H19N3O3S/c1-14-10-6-2-3-7-11(10)19(17,18)15-9-5-4-8-12(13)16/h2-3,6-7,14-15H,4-5,8-9H2,1H3,(H2,13,16). The summed E-state index contributed by atoms with van der Waals surface area (Å²) in [5.41, 5.74) is 5.55. The number of para-hydroxylation sites is 1. The van der Waals surface area contributed by atoms with Gasteiger partial charge in [-0.2, -0.15) is 0 Å². The molecule has 0 atom stereocenters. The lowest BCUT2D eigenvalue weighted by Crippen LogP contribution is -2.25. The zero-order valence-electron chi connectivity index (χ0n) is 10.8. The number of rotatable bonds is 8. The number of hydrogen-bond acceptors (Lipinski definition) is 4. The predicted molar refractivity (Wildman–Crippen MR) is 74.2 cm³/mol. The van der Waals surface area contributed by atoms with Crippen molar-refractivity contribution in [3.8, 4) is 0 Å². The number of hydrogen-bond donors (Lipinski definition) is 3. The summed E-state index contributed by atoms with van der Waals surface area (Å²) in [6.07, 6.45) is 1.42. The molecule has 0 bridgehead atoms. The highest BCUT2D eigenvalue weighted by Gasteiger charge is 2.16. The zero-order valence-corrected chi connectivity index (χ0v) is 11.7. The molecule has 0 saturated carbocycles. The number of carbonyl (C=O) groups excluding carboxylic acids is 1. The van der Waals surface area contributed by atoms with E-state index in [9.17, 15) is 13.2 Å². The highest BCUT2D eigenvalue weighted by Crippen LogP contribution is 2.19. The Morgan fingerprint density at radius 2 is 1.95 bits per heavy atom. The van der Waals surface area contributed by atoms with Gasteiger partial charge < -0.3 is 11.1 Å². The molecular weight excluding hydrogens is 266 g/mol. The predicted octanol–water partition coefficient (Wildman–Crippen LogP) is 0.662. The van der Waals surface area contributed by atoms with Crippen LogP contribution in [0.25, 0.3) is 0 Å². The van der Waals surface area contributed by atoms with Crippen LogP contribution < -0.4 is 15.8 Å². The maximum Gasteiger partial charge on any atom is 0.242 e. The Hall–Kier alpha value is -1.60. The summed E-state index contributed by atoms with van der Waals surface area (Å²) < 4.78 is 26.6. The molecule has 0 unspecified atom stereocenters. The van der Waals surface area contributed by atoms with E-state index in [1.54, 1.807) is 25.2 Å². The SMILES string of the molecule is CNc1ccccc1S(=O)(=O)NCCCCC(N)=O. The summed E-state index contributed by atoms with van der Waals surface area (Å²) >= 11 is 0. The summed E-state index contributed by atoms with van der Waals surface area (Å²) in [6.45, 7) is 0.285. The molecule has 1 aromatic rings. The quantitative estimate of drug-likeness (QED) is 0.611. The van der Waals surface area contributed by atoms with Gasteiger partial charge in [0.1, 0.15) is 4.90 Å². The van der Waals surface area contributed by atoms with Gasteiger partial charge >= 0.3 is 0 Å². The maximum absolute atomic E-state index is 12.1. The molecule has 1 rings (SSSR count). The van der Waals surface area contributed by atoms with Gasteiger partial charge in [-0.3, -0.25) is 4.79 Å². The van der Waals surface area contributed by atoms with Crippen LogP contribution in [0, 0.1) is 0 Å². The largest absolute Gasteiger partial charge is 0.387 e. The molecule has 0 aliphatic heterocycles. The average Bonchev–Trinajstić information content (AvgIpc) is 2.37. The minimum atomic E-state index is -3.53. The number of sulfonamides is 1. The first-order valence-electron chi connectivity index (χ1n) is 6.02. The summed E-state index contributed by atoms with van der Waals surface area (Å²) in [6, 6.07) is 6.67. The molecule has 0 spiro atoms. The topological polar surface area (TPSA) is 101 Å². The van der Waals surface area contributed by atoms with Crippen molar-refractivity contribution in [3.05, 3.63) is 24.3 Å². The van der Waals surface area contributed by atoms with E-state index in [4.69, 9.17) is 5.73 Å². The third-order valence-corrected chi connectivity index (χ3v) is 4.11. The number of nitrogens with one attached hydrogen (secondary N) is 2. The van der Waals surface area contributed by atoms with Crippen molar-refractivity contribution in [1.82, 2.24) is 4.72 Å². The Kier molecular flexibility index (Phi) is 5.78. The number of carbonyl (C=O) groups is 1. The monoisotopic (exact) mass is 285 g/mol. The maximum atomic E-state index is 12.1. The normalized spacial score (nSPS) is 11.2. The number of anilines is 1. The molecule has 4 N–H and O–H groups in total. The van der Waals surface area contributed by atoms with Crippen molar-refractivity contribution in [1.29, 1.82) is 0 Å². The molecule has 0 aliphatic rings. The van der Waals surface area contributed by atoms with Crippen molar-refractivity contribution in [2.75, 3.05) is 18.9 Å². The van der Waals surface area contributed by atoms with E-state index in [1.165, 1.54) is 6.07 Å². The molecule has 0 saturated heterocycles. The number of unbranched alkanes of at least 4 members (excludes halogenated alkanes) is 1. The van der Waals surface area contributed by atoms with Crippen LogP contribution in [-0.4, -0.2) is 27.9 Å². The zero-order chi connectivity index (χ0) is 14.3. The lowest BCUT2D eigenvalue weighted by molar-refractivity contribution is -0.118. The molecular formula is C12H19N3O3S. The van der Waals surface area contributed by atoms with Gasteiger partial charge in [-0.15, -0.1) is 0 Å². The molecule has 0 aromatic heterocycles. The fourth-order valence-corrected chi connectivity index (χ4v) is 2.90. The highest BCUT2D eigenvalue weighted by molar-refractivity contribution is 7.89. The molecule has 0 heterocycles. The van der Waals surface area contributed by atoms with Crippen molar-refractivity contribution in [2.24, 2.45) is 5.73 Å². The van der Waals surface area contributed by atoms with Crippen LogP contribution in [0.2, 0.25) is 0 Å². The fraction of sp³-hybridized carbons (Fsp3) is 0.417. The first-order chi connectivity index (χ1) is 8.97. The van der Waals surface area contributed by atoms with Gasteiger partial charge in [-0.25, -0.2) is 13.1 Å². The molecule has 0 fully saturated rings. The summed E-state index contributed by atoms with van der Waals surface area (Å²) in [5.74, 6) is -0.372. The third kappa shape index (κ3) is 4.88. The molecule has 19 heavy (non-hydrogen) atoms.